The van der Waals surface area contributed by atoms with Crippen LogP contribution in [0.4, 0.5) is 11.4 Å². The fourth-order valence-electron chi connectivity index (χ4n) is 4.32. The van der Waals surface area contributed by atoms with Crippen LogP contribution in [0.3, 0.4) is 0 Å². The van der Waals surface area contributed by atoms with Gasteiger partial charge in [0.05, 0.1) is 11.4 Å². The first-order valence-electron chi connectivity index (χ1n) is 11.4. The summed E-state index contributed by atoms with van der Waals surface area (Å²) in [4.78, 5) is 10.3. The standard InChI is InChI=1S/C25H29N3O4S/c1-3-8-18-16-19(9-4-2)24-21(17-18)28(20-10-5-6-11-22(20)32-24)15-12-23(33(29,30)31)25-26-13-7-14-27-25/h5-7,10-11,13-14,16-17,23H,3-4,8-9,12,15H2,1-2H3,(H,29,30,31). The minimum Gasteiger partial charge on any atom is -0.453 e. The van der Waals surface area contributed by atoms with Gasteiger partial charge in [-0.2, -0.15) is 8.42 Å². The summed E-state index contributed by atoms with van der Waals surface area (Å²) >= 11 is 0. The Morgan fingerprint density at radius 3 is 2.42 bits per heavy atom. The number of hydrogen-bond donors (Lipinski definition) is 1. The van der Waals surface area contributed by atoms with Crippen LogP contribution in [-0.4, -0.2) is 29.5 Å². The van der Waals surface area contributed by atoms with Gasteiger partial charge in [-0.05, 0) is 54.7 Å². The molecule has 2 aromatic carbocycles. The van der Waals surface area contributed by atoms with Crippen molar-refractivity contribution in [3.8, 4) is 11.5 Å². The minimum absolute atomic E-state index is 0.0909. The number of aromatic nitrogens is 2. The number of hydrogen-bond acceptors (Lipinski definition) is 6. The average Bonchev–Trinajstić information content (AvgIpc) is 2.79. The summed E-state index contributed by atoms with van der Waals surface area (Å²) < 4.78 is 40.7. The zero-order chi connectivity index (χ0) is 23.4. The van der Waals surface area contributed by atoms with Gasteiger partial charge in [-0.3, -0.25) is 4.55 Å². The molecule has 1 aliphatic heterocycles. The van der Waals surface area contributed by atoms with Crippen molar-refractivity contribution in [2.24, 2.45) is 0 Å². The highest BCUT2D eigenvalue weighted by Crippen LogP contribution is 2.49. The number of aryl methyl sites for hydroxylation is 2. The first-order valence-corrected chi connectivity index (χ1v) is 12.9. The highest BCUT2D eigenvalue weighted by molar-refractivity contribution is 7.86. The van der Waals surface area contributed by atoms with Crippen LogP contribution in [0.5, 0.6) is 11.5 Å². The van der Waals surface area contributed by atoms with Gasteiger partial charge < -0.3 is 9.64 Å². The lowest BCUT2D eigenvalue weighted by atomic mass is 9.99. The Bertz CT molecular complexity index is 1220. The van der Waals surface area contributed by atoms with Crippen LogP contribution in [0.1, 0.15) is 55.3 Å². The van der Waals surface area contributed by atoms with Gasteiger partial charge in [0.25, 0.3) is 10.1 Å². The van der Waals surface area contributed by atoms with Crippen molar-refractivity contribution in [1.82, 2.24) is 9.97 Å². The largest absolute Gasteiger partial charge is 0.453 e. The lowest BCUT2D eigenvalue weighted by molar-refractivity contribution is 0.456. The van der Waals surface area contributed by atoms with Crippen molar-refractivity contribution in [3.63, 3.8) is 0 Å². The smallest absolute Gasteiger partial charge is 0.275 e. The average molecular weight is 468 g/mol. The van der Waals surface area contributed by atoms with Gasteiger partial charge in [0.2, 0.25) is 0 Å². The Hall–Kier alpha value is -2.97. The Balaban J connectivity index is 1.76. The number of fused-ring (bicyclic) bond motifs is 2. The number of nitrogens with zero attached hydrogens (tertiary/aromatic N) is 3. The molecule has 174 valence electrons. The van der Waals surface area contributed by atoms with E-state index in [0.717, 1.165) is 54.1 Å². The predicted octanol–water partition coefficient (Wildman–Crippen LogP) is 5.64. The minimum atomic E-state index is -4.39. The van der Waals surface area contributed by atoms with Crippen LogP contribution in [0.25, 0.3) is 0 Å². The maximum atomic E-state index is 12.2. The van der Waals surface area contributed by atoms with Crippen molar-refractivity contribution in [3.05, 3.63) is 71.8 Å². The fraction of sp³-hybridized carbons (Fsp3) is 0.360. The molecule has 1 atom stereocenters. The van der Waals surface area contributed by atoms with Crippen LogP contribution < -0.4 is 9.64 Å². The summed E-state index contributed by atoms with van der Waals surface area (Å²) in [6, 6.07) is 13.7. The van der Waals surface area contributed by atoms with E-state index in [0.29, 0.717) is 6.54 Å². The van der Waals surface area contributed by atoms with Gasteiger partial charge in [0.15, 0.2) is 11.5 Å². The Morgan fingerprint density at radius 1 is 1.00 bits per heavy atom. The second-order valence-corrected chi connectivity index (χ2v) is 9.82. The summed E-state index contributed by atoms with van der Waals surface area (Å²) in [6.45, 7) is 4.64. The van der Waals surface area contributed by atoms with Gasteiger partial charge >= 0.3 is 0 Å². The number of anilines is 2. The van der Waals surface area contributed by atoms with Crippen LogP contribution >= 0.6 is 0 Å². The second-order valence-electron chi connectivity index (χ2n) is 8.22. The zero-order valence-electron chi connectivity index (χ0n) is 18.9. The molecule has 1 unspecified atom stereocenters. The molecule has 4 rings (SSSR count). The Labute approximate surface area is 195 Å². The molecule has 7 nitrogen and oxygen atoms in total. The van der Waals surface area contributed by atoms with Crippen LogP contribution in [0.2, 0.25) is 0 Å². The topological polar surface area (TPSA) is 92.6 Å². The molecule has 2 heterocycles. The molecular weight excluding hydrogens is 438 g/mol. The molecule has 0 fully saturated rings. The molecule has 0 saturated carbocycles. The molecule has 3 aromatic rings. The molecule has 0 aliphatic carbocycles. The molecule has 33 heavy (non-hydrogen) atoms. The van der Waals surface area contributed by atoms with E-state index in [-0.39, 0.29) is 12.2 Å². The lowest BCUT2D eigenvalue weighted by Crippen LogP contribution is -2.27. The quantitative estimate of drug-likeness (QED) is 0.407. The van der Waals surface area contributed by atoms with Crippen molar-refractivity contribution in [2.45, 2.75) is 51.2 Å². The third-order valence-corrected chi connectivity index (χ3v) is 6.94. The van der Waals surface area contributed by atoms with E-state index in [2.05, 4.69) is 40.8 Å². The maximum Gasteiger partial charge on any atom is 0.275 e. The molecule has 0 saturated heterocycles. The number of benzene rings is 2. The van der Waals surface area contributed by atoms with E-state index in [1.165, 1.54) is 18.0 Å². The van der Waals surface area contributed by atoms with Gasteiger partial charge in [-0.1, -0.05) is 44.9 Å². The van der Waals surface area contributed by atoms with Crippen LogP contribution in [-0.2, 0) is 23.0 Å². The van der Waals surface area contributed by atoms with E-state index in [1.807, 2.05) is 24.3 Å². The van der Waals surface area contributed by atoms with Crippen molar-refractivity contribution < 1.29 is 17.7 Å². The number of ether oxygens (including phenoxy) is 1. The fourth-order valence-corrected chi connectivity index (χ4v) is 5.12. The summed E-state index contributed by atoms with van der Waals surface area (Å²) in [7, 11) is -4.39. The second kappa shape index (κ2) is 9.89. The summed E-state index contributed by atoms with van der Waals surface area (Å²) in [5.41, 5.74) is 4.16. The normalized spacial score (nSPS) is 13.7. The maximum absolute atomic E-state index is 12.2. The SMILES string of the molecule is CCCc1cc(CCC)c2c(c1)N(CCC(c1ncccn1)S(=O)(=O)O)c1ccccc1O2. The molecule has 0 spiro atoms. The van der Waals surface area contributed by atoms with Crippen molar-refractivity contribution in [2.75, 3.05) is 11.4 Å². The van der Waals surface area contributed by atoms with E-state index < -0.39 is 15.4 Å². The lowest BCUT2D eigenvalue weighted by Gasteiger charge is -2.35. The molecule has 0 bridgehead atoms. The van der Waals surface area contributed by atoms with Crippen LogP contribution in [0.15, 0.2) is 54.9 Å². The van der Waals surface area contributed by atoms with Crippen LogP contribution in [0, 0.1) is 0 Å². The van der Waals surface area contributed by atoms with E-state index in [4.69, 9.17) is 4.74 Å². The summed E-state index contributed by atoms with van der Waals surface area (Å²) in [5, 5.41) is -1.22. The van der Waals surface area contributed by atoms with E-state index in [9.17, 15) is 13.0 Å². The van der Waals surface area contributed by atoms with E-state index >= 15 is 0 Å². The monoisotopic (exact) mass is 467 g/mol. The molecule has 1 aliphatic rings. The van der Waals surface area contributed by atoms with Gasteiger partial charge in [-0.25, -0.2) is 9.97 Å². The Kier molecular flexibility index (Phi) is 6.95. The third kappa shape index (κ3) is 5.02. The predicted molar refractivity (Wildman–Crippen MR) is 129 cm³/mol. The molecule has 0 amide bonds. The van der Waals surface area contributed by atoms with Crippen molar-refractivity contribution >= 4 is 21.5 Å². The molecule has 1 aromatic heterocycles. The number of rotatable bonds is 9. The Morgan fingerprint density at radius 2 is 1.73 bits per heavy atom. The van der Waals surface area contributed by atoms with Gasteiger partial charge in [0, 0.05) is 18.9 Å². The first kappa shape index (κ1) is 23.2. The molecule has 8 heteroatoms. The highest BCUT2D eigenvalue weighted by Gasteiger charge is 2.32. The summed E-state index contributed by atoms with van der Waals surface area (Å²) in [6.07, 6.45) is 6.94. The van der Waals surface area contributed by atoms with Gasteiger partial charge in [0.1, 0.15) is 11.1 Å². The molecule has 0 radical (unpaired) electrons. The summed E-state index contributed by atoms with van der Waals surface area (Å²) in [5.74, 6) is 1.63. The van der Waals surface area contributed by atoms with Gasteiger partial charge in [-0.15, -0.1) is 0 Å². The highest BCUT2D eigenvalue weighted by atomic mass is 32.2. The van der Waals surface area contributed by atoms with Crippen molar-refractivity contribution in [1.29, 1.82) is 0 Å². The van der Waals surface area contributed by atoms with E-state index in [1.54, 1.807) is 6.07 Å². The zero-order valence-corrected chi connectivity index (χ0v) is 19.8. The molecular formula is C25H29N3O4S. The first-order chi connectivity index (χ1) is 15.9. The molecule has 1 N–H and O–H groups in total. The third-order valence-electron chi connectivity index (χ3n) is 5.77. The number of para-hydroxylation sites is 2.